The summed E-state index contributed by atoms with van der Waals surface area (Å²) in [7, 11) is 1.43. The van der Waals surface area contributed by atoms with Crippen LogP contribution in [0.25, 0.3) is 0 Å². The van der Waals surface area contributed by atoms with Gasteiger partial charge in [-0.3, -0.25) is 4.79 Å². The predicted molar refractivity (Wildman–Crippen MR) is 82.1 cm³/mol. The number of methoxy groups -OCH3 is 1. The van der Waals surface area contributed by atoms with Crippen LogP contribution in [-0.2, 0) is 0 Å². The fourth-order valence-corrected chi connectivity index (χ4v) is 2.23. The van der Waals surface area contributed by atoms with E-state index in [1.165, 1.54) is 31.4 Å². The standard InChI is InChI=1S/C15H9Cl2FN2O2/c1-22-14-6-11(16)10(5-12(14)17)15(21)20-9-2-3-13(18)8(4-9)7-19/h2-6H,1H3,(H,20,21). The van der Waals surface area contributed by atoms with Gasteiger partial charge in [0.05, 0.1) is 28.3 Å². The summed E-state index contributed by atoms with van der Waals surface area (Å²) >= 11 is 12.0. The van der Waals surface area contributed by atoms with Crippen LogP contribution in [0.15, 0.2) is 30.3 Å². The van der Waals surface area contributed by atoms with Crippen LogP contribution in [0.1, 0.15) is 15.9 Å². The highest BCUT2D eigenvalue weighted by Gasteiger charge is 2.15. The highest BCUT2D eigenvalue weighted by atomic mass is 35.5. The van der Waals surface area contributed by atoms with Crippen molar-refractivity contribution in [2.45, 2.75) is 0 Å². The molecule has 2 aromatic rings. The molecular formula is C15H9Cl2FN2O2. The van der Waals surface area contributed by atoms with Gasteiger partial charge in [-0.05, 0) is 24.3 Å². The summed E-state index contributed by atoms with van der Waals surface area (Å²) in [5.74, 6) is -0.854. The van der Waals surface area contributed by atoms with Gasteiger partial charge in [0.25, 0.3) is 5.91 Å². The van der Waals surface area contributed by atoms with Crippen molar-refractivity contribution in [2.75, 3.05) is 12.4 Å². The van der Waals surface area contributed by atoms with E-state index in [0.29, 0.717) is 5.75 Å². The van der Waals surface area contributed by atoms with Gasteiger partial charge < -0.3 is 10.1 Å². The largest absolute Gasteiger partial charge is 0.495 e. The smallest absolute Gasteiger partial charge is 0.257 e. The van der Waals surface area contributed by atoms with Crippen molar-refractivity contribution in [2.24, 2.45) is 0 Å². The first-order chi connectivity index (χ1) is 10.5. The van der Waals surface area contributed by atoms with E-state index in [1.807, 2.05) is 0 Å². The Hall–Kier alpha value is -2.29. The minimum Gasteiger partial charge on any atom is -0.495 e. The fraction of sp³-hybridized carbons (Fsp3) is 0.0667. The fourth-order valence-electron chi connectivity index (χ4n) is 1.75. The number of anilines is 1. The molecule has 0 saturated heterocycles. The molecule has 0 atom stereocenters. The van der Waals surface area contributed by atoms with Crippen molar-refractivity contribution in [3.63, 3.8) is 0 Å². The van der Waals surface area contributed by atoms with E-state index in [1.54, 1.807) is 6.07 Å². The molecule has 22 heavy (non-hydrogen) atoms. The average molecular weight is 339 g/mol. The molecule has 2 rings (SSSR count). The molecule has 0 bridgehead atoms. The van der Waals surface area contributed by atoms with Crippen molar-refractivity contribution < 1.29 is 13.9 Å². The van der Waals surface area contributed by atoms with Crippen LogP contribution >= 0.6 is 23.2 Å². The number of benzene rings is 2. The third-order valence-corrected chi connectivity index (χ3v) is 3.44. The van der Waals surface area contributed by atoms with Crippen LogP contribution in [0.2, 0.25) is 10.0 Å². The van der Waals surface area contributed by atoms with Gasteiger partial charge in [0.2, 0.25) is 0 Å². The zero-order chi connectivity index (χ0) is 16.3. The molecule has 0 unspecified atom stereocenters. The number of amides is 1. The lowest BCUT2D eigenvalue weighted by molar-refractivity contribution is 0.102. The van der Waals surface area contributed by atoms with E-state index < -0.39 is 11.7 Å². The van der Waals surface area contributed by atoms with E-state index in [0.717, 1.165) is 6.07 Å². The second-order valence-electron chi connectivity index (χ2n) is 4.23. The van der Waals surface area contributed by atoms with Crippen molar-refractivity contribution in [1.29, 1.82) is 5.26 Å². The van der Waals surface area contributed by atoms with Gasteiger partial charge in [-0.25, -0.2) is 4.39 Å². The first-order valence-electron chi connectivity index (χ1n) is 6.00. The molecular weight excluding hydrogens is 330 g/mol. The van der Waals surface area contributed by atoms with E-state index in [2.05, 4.69) is 5.32 Å². The molecule has 1 N–H and O–H groups in total. The lowest BCUT2D eigenvalue weighted by Crippen LogP contribution is -2.13. The third kappa shape index (κ3) is 3.30. The summed E-state index contributed by atoms with van der Waals surface area (Å²) < 4.78 is 18.2. The predicted octanol–water partition coefficient (Wildman–Crippen LogP) is 4.27. The molecule has 0 aliphatic rings. The number of nitrogens with zero attached hydrogens (tertiary/aromatic N) is 1. The topological polar surface area (TPSA) is 62.1 Å². The Kier molecular flexibility index (Phi) is 4.86. The van der Waals surface area contributed by atoms with E-state index in [9.17, 15) is 9.18 Å². The Bertz CT molecular complexity index is 788. The zero-order valence-electron chi connectivity index (χ0n) is 11.3. The number of ether oxygens (including phenoxy) is 1. The quantitative estimate of drug-likeness (QED) is 0.909. The summed E-state index contributed by atoms with van der Waals surface area (Å²) in [6.07, 6.45) is 0. The van der Waals surface area contributed by atoms with E-state index >= 15 is 0 Å². The number of hydrogen-bond acceptors (Lipinski definition) is 3. The SMILES string of the molecule is COc1cc(Cl)c(C(=O)Nc2ccc(F)c(C#N)c2)cc1Cl. The van der Waals surface area contributed by atoms with Gasteiger partial charge in [0.1, 0.15) is 17.6 Å². The van der Waals surface area contributed by atoms with Crippen LogP contribution in [0.5, 0.6) is 5.75 Å². The first kappa shape index (κ1) is 16.1. The van der Waals surface area contributed by atoms with Gasteiger partial charge in [0.15, 0.2) is 0 Å². The number of carbonyl (C=O) groups excluding carboxylic acids is 1. The summed E-state index contributed by atoms with van der Waals surface area (Å²) in [4.78, 5) is 12.2. The summed E-state index contributed by atoms with van der Waals surface area (Å²) in [6, 6.07) is 8.15. The first-order valence-corrected chi connectivity index (χ1v) is 6.76. The Morgan fingerprint density at radius 1 is 1.27 bits per heavy atom. The normalized spacial score (nSPS) is 9.95. The molecule has 0 aliphatic heterocycles. The third-order valence-electron chi connectivity index (χ3n) is 2.83. The second-order valence-corrected chi connectivity index (χ2v) is 5.04. The van der Waals surface area contributed by atoms with Crippen molar-refractivity contribution in [1.82, 2.24) is 0 Å². The molecule has 0 fully saturated rings. The molecule has 2 aromatic carbocycles. The van der Waals surface area contributed by atoms with E-state index in [-0.39, 0.29) is 26.9 Å². The van der Waals surface area contributed by atoms with E-state index in [4.69, 9.17) is 33.2 Å². The summed E-state index contributed by atoms with van der Waals surface area (Å²) in [6.45, 7) is 0. The number of nitrogens with one attached hydrogen (secondary N) is 1. The number of halogens is 3. The molecule has 7 heteroatoms. The van der Waals surface area contributed by atoms with Gasteiger partial charge in [-0.1, -0.05) is 23.2 Å². The molecule has 1 amide bonds. The van der Waals surface area contributed by atoms with Crippen molar-refractivity contribution in [3.05, 3.63) is 57.3 Å². The molecule has 0 spiro atoms. The Balaban J connectivity index is 2.30. The Morgan fingerprint density at radius 3 is 2.64 bits per heavy atom. The number of carbonyl (C=O) groups is 1. The van der Waals surface area contributed by atoms with Gasteiger partial charge in [0, 0.05) is 11.8 Å². The highest BCUT2D eigenvalue weighted by molar-refractivity contribution is 6.37. The Morgan fingerprint density at radius 2 is 2.00 bits per heavy atom. The summed E-state index contributed by atoms with van der Waals surface area (Å²) in [5.41, 5.74) is 0.234. The minimum absolute atomic E-state index is 0.135. The molecule has 0 aliphatic carbocycles. The number of hydrogen-bond donors (Lipinski definition) is 1. The lowest BCUT2D eigenvalue weighted by Gasteiger charge is -2.10. The van der Waals surface area contributed by atoms with Crippen LogP contribution < -0.4 is 10.1 Å². The number of rotatable bonds is 3. The lowest BCUT2D eigenvalue weighted by atomic mass is 10.1. The zero-order valence-corrected chi connectivity index (χ0v) is 12.8. The summed E-state index contributed by atoms with van der Waals surface area (Å²) in [5, 5.41) is 11.7. The molecule has 0 saturated carbocycles. The maximum atomic E-state index is 13.2. The van der Waals surface area contributed by atoms with Crippen LogP contribution in [0.4, 0.5) is 10.1 Å². The van der Waals surface area contributed by atoms with Gasteiger partial charge in [-0.15, -0.1) is 0 Å². The maximum absolute atomic E-state index is 13.2. The van der Waals surface area contributed by atoms with Crippen molar-refractivity contribution >= 4 is 34.8 Å². The second kappa shape index (κ2) is 6.65. The molecule has 112 valence electrons. The molecule has 0 aromatic heterocycles. The van der Waals surface area contributed by atoms with Gasteiger partial charge in [-0.2, -0.15) is 5.26 Å². The van der Waals surface area contributed by atoms with Crippen molar-refractivity contribution in [3.8, 4) is 11.8 Å². The highest BCUT2D eigenvalue weighted by Crippen LogP contribution is 2.31. The van der Waals surface area contributed by atoms with Crippen LogP contribution in [0.3, 0.4) is 0 Å². The number of nitriles is 1. The maximum Gasteiger partial charge on any atom is 0.257 e. The molecule has 4 nitrogen and oxygen atoms in total. The average Bonchev–Trinajstić information content (AvgIpc) is 2.50. The minimum atomic E-state index is -0.661. The Labute approximate surface area is 136 Å². The molecule has 0 radical (unpaired) electrons. The van der Waals surface area contributed by atoms with Crippen LogP contribution in [0, 0.1) is 17.1 Å². The monoisotopic (exact) mass is 338 g/mol. The molecule has 0 heterocycles. The van der Waals surface area contributed by atoms with Gasteiger partial charge >= 0.3 is 0 Å². The van der Waals surface area contributed by atoms with Crippen LogP contribution in [-0.4, -0.2) is 13.0 Å².